The molecule has 1 amide bonds. The SMILES string of the molecule is COc1cc(/C=C(/C#N)C(=O)Nc2cccc(Cl)c2)c(Br)c(Br)c1OCc1ccc(Cl)c(Cl)c1. The lowest BCUT2D eigenvalue weighted by Gasteiger charge is -2.16. The number of rotatable bonds is 7. The number of anilines is 1. The summed E-state index contributed by atoms with van der Waals surface area (Å²) in [5.74, 6) is 0.250. The Morgan fingerprint density at radius 3 is 2.50 bits per heavy atom. The summed E-state index contributed by atoms with van der Waals surface area (Å²) in [4.78, 5) is 12.6. The molecule has 0 unspecified atom stereocenters. The summed E-state index contributed by atoms with van der Waals surface area (Å²) in [6.07, 6.45) is 1.44. The van der Waals surface area contributed by atoms with Crippen molar-refractivity contribution in [3.63, 3.8) is 0 Å². The van der Waals surface area contributed by atoms with Crippen LogP contribution in [0.3, 0.4) is 0 Å². The largest absolute Gasteiger partial charge is 0.493 e. The molecular weight excluding hydrogens is 630 g/mol. The third kappa shape index (κ3) is 6.47. The summed E-state index contributed by atoms with van der Waals surface area (Å²) in [6.45, 7) is 0.207. The minimum Gasteiger partial charge on any atom is -0.493 e. The Labute approximate surface area is 228 Å². The molecule has 0 radical (unpaired) electrons. The van der Waals surface area contributed by atoms with Gasteiger partial charge in [0.25, 0.3) is 5.91 Å². The van der Waals surface area contributed by atoms with Gasteiger partial charge in [-0.15, -0.1) is 0 Å². The van der Waals surface area contributed by atoms with Crippen LogP contribution in [-0.4, -0.2) is 13.0 Å². The number of carbonyl (C=O) groups is 1. The van der Waals surface area contributed by atoms with Crippen molar-refractivity contribution in [1.82, 2.24) is 0 Å². The molecular formula is C24H15Br2Cl3N2O3. The summed E-state index contributed by atoms with van der Waals surface area (Å²) in [6, 6.07) is 15.4. The van der Waals surface area contributed by atoms with E-state index < -0.39 is 5.91 Å². The lowest BCUT2D eigenvalue weighted by atomic mass is 10.1. The van der Waals surface area contributed by atoms with Crippen molar-refractivity contribution >= 4 is 84.3 Å². The van der Waals surface area contributed by atoms with Gasteiger partial charge in [0, 0.05) is 15.2 Å². The minimum absolute atomic E-state index is 0.112. The number of nitrogens with zero attached hydrogens (tertiary/aromatic N) is 1. The predicted molar refractivity (Wildman–Crippen MR) is 143 cm³/mol. The first-order chi connectivity index (χ1) is 16.2. The number of nitriles is 1. The van der Waals surface area contributed by atoms with Crippen molar-refractivity contribution in [3.05, 3.63) is 89.2 Å². The first kappa shape index (κ1) is 26.4. The number of ether oxygens (including phenoxy) is 2. The highest BCUT2D eigenvalue weighted by Crippen LogP contribution is 2.44. The standard InChI is InChI=1S/C24H15Br2Cl3N2O3/c1-33-20-9-14(8-15(11-30)24(32)31-17-4-2-3-16(27)10-17)21(25)22(26)23(20)34-12-13-5-6-18(28)19(29)7-13/h2-10H,12H2,1H3,(H,31,32)/b15-8-. The summed E-state index contributed by atoms with van der Waals surface area (Å²) in [5, 5.41) is 13.6. The van der Waals surface area contributed by atoms with Gasteiger partial charge in [-0.25, -0.2) is 0 Å². The van der Waals surface area contributed by atoms with Crippen molar-refractivity contribution in [3.8, 4) is 17.6 Å². The summed E-state index contributed by atoms with van der Waals surface area (Å²) in [7, 11) is 1.49. The molecule has 0 spiro atoms. The molecule has 34 heavy (non-hydrogen) atoms. The number of benzene rings is 3. The van der Waals surface area contributed by atoms with Crippen LogP contribution in [0.2, 0.25) is 15.1 Å². The van der Waals surface area contributed by atoms with Gasteiger partial charge >= 0.3 is 0 Å². The molecule has 0 bridgehead atoms. The number of hydrogen-bond donors (Lipinski definition) is 1. The van der Waals surface area contributed by atoms with Crippen LogP contribution >= 0.6 is 66.7 Å². The van der Waals surface area contributed by atoms with E-state index in [-0.39, 0.29) is 12.2 Å². The highest BCUT2D eigenvalue weighted by molar-refractivity contribution is 9.13. The van der Waals surface area contributed by atoms with Gasteiger partial charge in [-0.3, -0.25) is 4.79 Å². The van der Waals surface area contributed by atoms with E-state index >= 15 is 0 Å². The Hall–Kier alpha value is -2.21. The Morgan fingerprint density at radius 2 is 1.85 bits per heavy atom. The van der Waals surface area contributed by atoms with Crippen LogP contribution in [-0.2, 0) is 11.4 Å². The summed E-state index contributed by atoms with van der Waals surface area (Å²) < 4.78 is 12.6. The monoisotopic (exact) mass is 642 g/mol. The quantitative estimate of drug-likeness (QED) is 0.207. The van der Waals surface area contributed by atoms with Crippen molar-refractivity contribution < 1.29 is 14.3 Å². The molecule has 3 aromatic rings. The molecule has 0 saturated carbocycles. The van der Waals surface area contributed by atoms with Gasteiger partial charge in [-0.2, -0.15) is 5.26 Å². The topological polar surface area (TPSA) is 71.3 Å². The van der Waals surface area contributed by atoms with Crippen LogP contribution in [0, 0.1) is 11.3 Å². The number of hydrogen-bond acceptors (Lipinski definition) is 4. The van der Waals surface area contributed by atoms with Crippen LogP contribution in [0.5, 0.6) is 11.5 Å². The van der Waals surface area contributed by atoms with Crippen LogP contribution < -0.4 is 14.8 Å². The normalized spacial score (nSPS) is 11.0. The number of amides is 1. The minimum atomic E-state index is -0.577. The Morgan fingerprint density at radius 1 is 1.09 bits per heavy atom. The molecule has 0 saturated heterocycles. The van der Waals surface area contributed by atoms with Gasteiger partial charge in [0.1, 0.15) is 18.2 Å². The zero-order valence-corrected chi connectivity index (χ0v) is 22.9. The highest BCUT2D eigenvalue weighted by Gasteiger charge is 2.19. The maximum absolute atomic E-state index is 12.6. The fourth-order valence-corrected chi connectivity index (χ4v) is 4.31. The number of carbonyl (C=O) groups excluding carboxylic acids is 1. The number of halogens is 5. The lowest BCUT2D eigenvalue weighted by molar-refractivity contribution is -0.112. The molecule has 3 aromatic carbocycles. The molecule has 174 valence electrons. The van der Waals surface area contributed by atoms with Crippen LogP contribution in [0.1, 0.15) is 11.1 Å². The first-order valence-corrected chi connectivity index (χ1v) is 12.3. The van der Waals surface area contributed by atoms with E-state index in [1.807, 2.05) is 6.07 Å². The zero-order valence-electron chi connectivity index (χ0n) is 17.5. The smallest absolute Gasteiger partial charge is 0.266 e. The van der Waals surface area contributed by atoms with Crippen molar-refractivity contribution in [2.24, 2.45) is 0 Å². The first-order valence-electron chi connectivity index (χ1n) is 9.55. The second kappa shape index (κ2) is 12.0. The van der Waals surface area contributed by atoms with E-state index in [0.717, 1.165) is 5.56 Å². The van der Waals surface area contributed by atoms with Gasteiger partial charge in [-0.05, 0) is 85.5 Å². The predicted octanol–water partition coefficient (Wildman–Crippen LogP) is 8.31. The summed E-state index contributed by atoms with van der Waals surface area (Å²) >= 11 is 25.0. The van der Waals surface area contributed by atoms with Crippen molar-refractivity contribution in [1.29, 1.82) is 5.26 Å². The van der Waals surface area contributed by atoms with E-state index in [4.69, 9.17) is 44.3 Å². The molecule has 0 fully saturated rings. The Bertz CT molecular complexity index is 1320. The second-order valence-corrected chi connectivity index (χ2v) is 9.63. The lowest BCUT2D eigenvalue weighted by Crippen LogP contribution is -2.13. The molecule has 1 N–H and O–H groups in total. The third-order valence-corrected chi connectivity index (χ3v) is 7.61. The van der Waals surface area contributed by atoms with Crippen LogP contribution in [0.15, 0.2) is 63.0 Å². The molecule has 0 aromatic heterocycles. The van der Waals surface area contributed by atoms with Gasteiger partial charge in [-0.1, -0.05) is 46.9 Å². The van der Waals surface area contributed by atoms with E-state index in [9.17, 15) is 10.1 Å². The molecule has 0 heterocycles. The maximum Gasteiger partial charge on any atom is 0.266 e. The average molecular weight is 646 g/mol. The molecule has 0 aliphatic carbocycles. The van der Waals surface area contributed by atoms with Crippen molar-refractivity contribution in [2.75, 3.05) is 12.4 Å². The Balaban J connectivity index is 1.88. The highest BCUT2D eigenvalue weighted by atomic mass is 79.9. The van der Waals surface area contributed by atoms with Gasteiger partial charge < -0.3 is 14.8 Å². The zero-order chi connectivity index (χ0) is 24.8. The van der Waals surface area contributed by atoms with Crippen molar-refractivity contribution in [2.45, 2.75) is 6.61 Å². The summed E-state index contributed by atoms with van der Waals surface area (Å²) in [5.41, 5.74) is 1.71. The average Bonchev–Trinajstić information content (AvgIpc) is 2.81. The molecule has 5 nitrogen and oxygen atoms in total. The fraction of sp³-hybridized carbons (Fsp3) is 0.0833. The van der Waals surface area contributed by atoms with Gasteiger partial charge in [0.05, 0.1) is 21.6 Å². The fourth-order valence-electron chi connectivity index (χ4n) is 2.85. The van der Waals surface area contributed by atoms with Gasteiger partial charge in [0.15, 0.2) is 11.5 Å². The second-order valence-electron chi connectivity index (χ2n) is 6.80. The number of methoxy groups -OCH3 is 1. The maximum atomic E-state index is 12.6. The molecule has 3 rings (SSSR count). The Kier molecular flexibility index (Phi) is 9.29. The molecule has 10 heteroatoms. The number of nitrogens with one attached hydrogen (secondary N) is 1. The van der Waals surface area contributed by atoms with E-state index in [1.165, 1.54) is 13.2 Å². The third-order valence-electron chi connectivity index (χ3n) is 4.49. The van der Waals surface area contributed by atoms with E-state index in [0.29, 0.717) is 46.8 Å². The molecule has 0 atom stereocenters. The van der Waals surface area contributed by atoms with E-state index in [1.54, 1.807) is 48.5 Å². The van der Waals surface area contributed by atoms with Crippen LogP contribution in [0.25, 0.3) is 6.08 Å². The van der Waals surface area contributed by atoms with E-state index in [2.05, 4.69) is 37.2 Å². The molecule has 0 aliphatic heterocycles. The van der Waals surface area contributed by atoms with Gasteiger partial charge in [0.2, 0.25) is 0 Å². The molecule has 0 aliphatic rings. The van der Waals surface area contributed by atoms with Crippen LogP contribution in [0.4, 0.5) is 5.69 Å².